The van der Waals surface area contributed by atoms with Crippen LogP contribution in [0.5, 0.6) is 0 Å². The molecule has 0 spiro atoms. The molecule has 1 saturated carbocycles. The number of likely N-dealkylation sites (tertiary alicyclic amines) is 1. The molecule has 2 heterocycles. The van der Waals surface area contributed by atoms with Crippen LogP contribution in [0.2, 0.25) is 0 Å². The van der Waals surface area contributed by atoms with E-state index in [0.29, 0.717) is 23.7 Å². The number of likely N-dealkylation sites (N-methyl/N-ethyl adjacent to an activating group) is 1. The Hall–Kier alpha value is -2.73. The molecule has 2 aromatic carbocycles. The molecule has 30 heavy (non-hydrogen) atoms. The van der Waals surface area contributed by atoms with E-state index >= 15 is 0 Å². The van der Waals surface area contributed by atoms with E-state index in [-0.39, 0.29) is 11.7 Å². The van der Waals surface area contributed by atoms with Crippen LogP contribution < -0.4 is 0 Å². The van der Waals surface area contributed by atoms with Crippen molar-refractivity contribution in [2.45, 2.75) is 44.3 Å². The van der Waals surface area contributed by atoms with Crippen LogP contribution in [-0.4, -0.2) is 57.5 Å². The number of benzene rings is 2. The van der Waals surface area contributed by atoms with Gasteiger partial charge in [0.1, 0.15) is 5.52 Å². The summed E-state index contributed by atoms with van der Waals surface area (Å²) in [6.07, 6.45) is 6.68. The molecular weight excluding hydrogens is 379 g/mol. The Morgan fingerprint density at radius 3 is 2.70 bits per heavy atom. The smallest absolute Gasteiger partial charge is 0.253 e. The molecule has 0 N–H and O–H groups in total. The molecule has 1 aliphatic carbocycles. The Morgan fingerprint density at radius 2 is 1.97 bits per heavy atom. The molecule has 1 aromatic heterocycles. The summed E-state index contributed by atoms with van der Waals surface area (Å²) < 4.78 is 15.8. The first-order valence-corrected chi connectivity index (χ1v) is 10.8. The summed E-state index contributed by atoms with van der Waals surface area (Å²) >= 11 is 0. The van der Waals surface area contributed by atoms with Gasteiger partial charge >= 0.3 is 0 Å². The van der Waals surface area contributed by atoms with Crippen LogP contribution in [0.15, 0.2) is 48.8 Å². The highest BCUT2D eigenvalue weighted by Crippen LogP contribution is 2.29. The van der Waals surface area contributed by atoms with Gasteiger partial charge < -0.3 is 9.47 Å². The lowest BCUT2D eigenvalue weighted by atomic mass is 9.92. The molecule has 2 aliphatic rings. The van der Waals surface area contributed by atoms with E-state index in [9.17, 15) is 9.18 Å². The molecule has 1 saturated heterocycles. The summed E-state index contributed by atoms with van der Waals surface area (Å²) in [5.41, 5.74) is 2.92. The Bertz CT molecular complexity index is 1060. The maximum absolute atomic E-state index is 13.9. The topological polar surface area (TPSA) is 41.4 Å². The molecule has 2 fully saturated rings. The van der Waals surface area contributed by atoms with Gasteiger partial charge in [0.15, 0.2) is 5.82 Å². The number of hydrogen-bond acceptors (Lipinski definition) is 3. The second-order valence-electron chi connectivity index (χ2n) is 8.62. The summed E-state index contributed by atoms with van der Waals surface area (Å²) in [5.74, 6) is -0.227. The number of fused-ring (bicyclic) bond motifs is 1. The van der Waals surface area contributed by atoms with E-state index < -0.39 is 0 Å². The van der Waals surface area contributed by atoms with Gasteiger partial charge in [-0.25, -0.2) is 9.37 Å². The van der Waals surface area contributed by atoms with E-state index in [2.05, 4.69) is 9.88 Å². The molecule has 156 valence electrons. The van der Waals surface area contributed by atoms with Crippen LogP contribution in [0.25, 0.3) is 11.0 Å². The minimum absolute atomic E-state index is 0.0807. The van der Waals surface area contributed by atoms with Gasteiger partial charge in [0, 0.05) is 44.3 Å². The van der Waals surface area contributed by atoms with Crippen molar-refractivity contribution >= 4 is 16.9 Å². The lowest BCUT2D eigenvalue weighted by molar-refractivity contribution is 0.0720. The number of rotatable bonds is 5. The maximum atomic E-state index is 13.9. The Labute approximate surface area is 176 Å². The highest BCUT2D eigenvalue weighted by molar-refractivity contribution is 5.94. The highest BCUT2D eigenvalue weighted by atomic mass is 19.1. The van der Waals surface area contributed by atoms with Crippen molar-refractivity contribution < 1.29 is 9.18 Å². The molecule has 0 bridgehead atoms. The summed E-state index contributed by atoms with van der Waals surface area (Å²) in [5, 5.41) is 0. The lowest BCUT2D eigenvalue weighted by Gasteiger charge is -2.35. The third-order valence-corrected chi connectivity index (χ3v) is 6.81. The molecule has 3 aromatic rings. The van der Waals surface area contributed by atoms with Crippen molar-refractivity contribution in [3.05, 3.63) is 65.7 Å². The van der Waals surface area contributed by atoms with Gasteiger partial charge in [0.25, 0.3) is 5.91 Å². The zero-order valence-corrected chi connectivity index (χ0v) is 17.3. The van der Waals surface area contributed by atoms with Gasteiger partial charge in [-0.05, 0) is 49.1 Å². The molecule has 5 nitrogen and oxygen atoms in total. The van der Waals surface area contributed by atoms with Crippen LogP contribution in [0.3, 0.4) is 0 Å². The third-order valence-electron chi connectivity index (χ3n) is 6.81. The monoisotopic (exact) mass is 406 g/mol. The molecular formula is C24H27FN4O. The van der Waals surface area contributed by atoms with Crippen LogP contribution in [0, 0.1) is 5.82 Å². The molecule has 5 rings (SSSR count). The standard InChI is InChI=1S/C24H27FN4O/c1-27(20-12-13-28(15-20)19-4-2-5-19)24(30)18-10-8-17(9-11-18)14-29-16-26-23-21(25)6-3-7-22(23)29/h3,6-11,16,19-20H,2,4-5,12-15H2,1H3/t20-/m1/s1. The second-order valence-corrected chi connectivity index (χ2v) is 8.62. The normalized spacial score (nSPS) is 19.9. The largest absolute Gasteiger partial charge is 0.337 e. The minimum atomic E-state index is -0.307. The number of imidazole rings is 1. The van der Waals surface area contributed by atoms with Crippen LogP contribution in [0.4, 0.5) is 4.39 Å². The second kappa shape index (κ2) is 7.84. The van der Waals surface area contributed by atoms with Gasteiger partial charge in [0.2, 0.25) is 0 Å². The number of carbonyl (C=O) groups excluding carboxylic acids is 1. The number of nitrogens with zero attached hydrogens (tertiary/aromatic N) is 4. The fourth-order valence-corrected chi connectivity index (χ4v) is 4.67. The van der Waals surface area contributed by atoms with E-state index in [4.69, 9.17) is 0 Å². The van der Waals surface area contributed by atoms with Gasteiger partial charge in [0.05, 0.1) is 11.8 Å². The first kappa shape index (κ1) is 19.2. The zero-order valence-electron chi connectivity index (χ0n) is 17.3. The van der Waals surface area contributed by atoms with Gasteiger partial charge in [-0.2, -0.15) is 0 Å². The number of hydrogen-bond donors (Lipinski definition) is 0. The summed E-state index contributed by atoms with van der Waals surface area (Å²) in [7, 11) is 1.93. The summed E-state index contributed by atoms with van der Waals surface area (Å²) in [4.78, 5) is 21.6. The number of aromatic nitrogens is 2. The number of halogens is 1. The zero-order chi connectivity index (χ0) is 20.7. The molecule has 0 unspecified atom stereocenters. The first-order chi connectivity index (χ1) is 14.6. The molecule has 6 heteroatoms. The van der Waals surface area contributed by atoms with Crippen LogP contribution in [-0.2, 0) is 6.54 Å². The first-order valence-electron chi connectivity index (χ1n) is 10.8. The highest BCUT2D eigenvalue weighted by Gasteiger charge is 2.34. The third kappa shape index (κ3) is 3.49. The fourth-order valence-electron chi connectivity index (χ4n) is 4.67. The predicted octanol–water partition coefficient (Wildman–Crippen LogP) is 3.92. The number of carbonyl (C=O) groups is 1. The Balaban J connectivity index is 1.25. The van der Waals surface area contributed by atoms with Crippen molar-refractivity contribution in [3.63, 3.8) is 0 Å². The van der Waals surface area contributed by atoms with E-state index in [1.54, 1.807) is 12.4 Å². The van der Waals surface area contributed by atoms with Crippen molar-refractivity contribution in [2.24, 2.45) is 0 Å². The molecule has 0 radical (unpaired) electrons. The fraction of sp³-hybridized carbons (Fsp3) is 0.417. The van der Waals surface area contributed by atoms with E-state index in [1.165, 1.54) is 25.3 Å². The van der Waals surface area contributed by atoms with Crippen molar-refractivity contribution in [1.29, 1.82) is 0 Å². The number of para-hydroxylation sites is 1. The molecule has 1 aliphatic heterocycles. The summed E-state index contributed by atoms with van der Waals surface area (Å²) in [6.45, 7) is 2.68. The van der Waals surface area contributed by atoms with Gasteiger partial charge in [-0.3, -0.25) is 9.69 Å². The van der Waals surface area contributed by atoms with E-state index in [0.717, 1.165) is 36.6 Å². The van der Waals surface area contributed by atoms with Crippen molar-refractivity contribution in [3.8, 4) is 0 Å². The average molecular weight is 407 g/mol. The predicted molar refractivity (Wildman–Crippen MR) is 115 cm³/mol. The number of amides is 1. The summed E-state index contributed by atoms with van der Waals surface area (Å²) in [6, 6.07) is 13.8. The van der Waals surface area contributed by atoms with Crippen LogP contribution in [0.1, 0.15) is 41.6 Å². The quantitative estimate of drug-likeness (QED) is 0.645. The Morgan fingerprint density at radius 1 is 1.17 bits per heavy atom. The minimum Gasteiger partial charge on any atom is -0.337 e. The Kier molecular flexibility index (Phi) is 5.03. The van der Waals surface area contributed by atoms with Crippen LogP contribution >= 0.6 is 0 Å². The van der Waals surface area contributed by atoms with Gasteiger partial charge in [-0.1, -0.05) is 24.6 Å². The van der Waals surface area contributed by atoms with Gasteiger partial charge in [-0.15, -0.1) is 0 Å². The molecule has 1 amide bonds. The maximum Gasteiger partial charge on any atom is 0.253 e. The molecule has 1 atom stereocenters. The van der Waals surface area contributed by atoms with E-state index in [1.807, 2.05) is 46.8 Å². The van der Waals surface area contributed by atoms with Crippen molar-refractivity contribution in [2.75, 3.05) is 20.1 Å². The average Bonchev–Trinajstić information content (AvgIpc) is 3.35. The van der Waals surface area contributed by atoms with Crippen molar-refractivity contribution in [1.82, 2.24) is 19.4 Å². The SMILES string of the molecule is CN(C(=O)c1ccc(Cn2cnc3c(F)cccc32)cc1)[C@@H]1CCN(C2CCC2)C1. The lowest BCUT2D eigenvalue weighted by Crippen LogP contribution is -2.43.